The fourth-order valence-electron chi connectivity index (χ4n) is 1.38. The van der Waals surface area contributed by atoms with Crippen LogP contribution >= 0.6 is 11.6 Å². The summed E-state index contributed by atoms with van der Waals surface area (Å²) in [5.41, 5.74) is 1.95. The molecule has 0 amide bonds. The molecule has 0 atom stereocenters. The van der Waals surface area contributed by atoms with E-state index >= 15 is 0 Å². The Morgan fingerprint density at radius 3 is 2.67 bits per heavy atom. The summed E-state index contributed by atoms with van der Waals surface area (Å²) >= 11 is 5.93. The maximum atomic E-state index is 5.93. The molecule has 0 fully saturated rings. The van der Waals surface area contributed by atoms with Gasteiger partial charge in [-0.2, -0.15) is 0 Å². The molecule has 1 heterocycles. The van der Waals surface area contributed by atoms with Gasteiger partial charge in [0.05, 0.1) is 5.69 Å². The summed E-state index contributed by atoms with van der Waals surface area (Å²) in [5.74, 6) is 0.854. The molecule has 2 rings (SSSR count). The van der Waals surface area contributed by atoms with Crippen molar-refractivity contribution in [2.45, 2.75) is 0 Å². The third kappa shape index (κ3) is 2.28. The second kappa shape index (κ2) is 4.32. The minimum absolute atomic E-state index is 0.726. The van der Waals surface area contributed by atoms with Gasteiger partial charge in [0, 0.05) is 17.6 Å². The number of aromatic nitrogens is 1. The highest BCUT2D eigenvalue weighted by Crippen LogP contribution is 2.21. The quantitative estimate of drug-likeness (QED) is 0.835. The van der Waals surface area contributed by atoms with Crippen LogP contribution < -0.4 is 5.32 Å². The van der Waals surface area contributed by atoms with Gasteiger partial charge in [0.2, 0.25) is 0 Å². The van der Waals surface area contributed by atoms with Crippen LogP contribution in [0.15, 0.2) is 42.5 Å². The average molecular weight is 219 g/mol. The van der Waals surface area contributed by atoms with Crippen molar-refractivity contribution in [1.82, 2.24) is 4.98 Å². The summed E-state index contributed by atoms with van der Waals surface area (Å²) < 4.78 is 0. The van der Waals surface area contributed by atoms with Crippen LogP contribution in [-0.2, 0) is 0 Å². The fraction of sp³-hybridized carbons (Fsp3) is 0.0833. The van der Waals surface area contributed by atoms with Crippen LogP contribution in [0.4, 0.5) is 5.82 Å². The molecule has 76 valence electrons. The first-order valence-electron chi connectivity index (χ1n) is 4.70. The molecule has 0 aliphatic carbocycles. The van der Waals surface area contributed by atoms with E-state index in [0.717, 1.165) is 22.1 Å². The highest BCUT2D eigenvalue weighted by atomic mass is 35.5. The molecule has 2 nitrogen and oxygen atoms in total. The Bertz CT molecular complexity index is 469. The lowest BCUT2D eigenvalue weighted by Crippen LogP contribution is -1.92. The summed E-state index contributed by atoms with van der Waals surface area (Å²) in [7, 11) is 1.85. The number of hydrogen-bond donors (Lipinski definition) is 1. The predicted octanol–water partition coefficient (Wildman–Crippen LogP) is 3.44. The zero-order valence-electron chi connectivity index (χ0n) is 8.37. The Morgan fingerprint density at radius 2 is 1.93 bits per heavy atom. The molecule has 1 aromatic carbocycles. The van der Waals surface area contributed by atoms with Gasteiger partial charge in [0.15, 0.2) is 0 Å². The highest BCUT2D eigenvalue weighted by molar-refractivity contribution is 6.30. The third-order valence-corrected chi connectivity index (χ3v) is 2.36. The lowest BCUT2D eigenvalue weighted by molar-refractivity contribution is 1.29. The van der Waals surface area contributed by atoms with Crippen molar-refractivity contribution in [2.75, 3.05) is 12.4 Å². The largest absolute Gasteiger partial charge is 0.373 e. The molecule has 2 aromatic rings. The number of nitrogens with zero attached hydrogens (tertiary/aromatic N) is 1. The molecule has 15 heavy (non-hydrogen) atoms. The van der Waals surface area contributed by atoms with E-state index in [1.54, 1.807) is 0 Å². The zero-order valence-corrected chi connectivity index (χ0v) is 9.12. The van der Waals surface area contributed by atoms with E-state index in [9.17, 15) is 0 Å². The number of nitrogens with one attached hydrogen (secondary N) is 1. The Labute approximate surface area is 93.9 Å². The number of benzene rings is 1. The second-order valence-corrected chi connectivity index (χ2v) is 3.60. The molecule has 1 aromatic heterocycles. The van der Waals surface area contributed by atoms with Crippen LogP contribution in [0, 0.1) is 0 Å². The van der Waals surface area contributed by atoms with E-state index in [0.29, 0.717) is 0 Å². The number of hydrogen-bond acceptors (Lipinski definition) is 2. The molecule has 0 bridgehead atoms. The van der Waals surface area contributed by atoms with E-state index in [-0.39, 0.29) is 0 Å². The maximum Gasteiger partial charge on any atom is 0.126 e. The first-order chi connectivity index (χ1) is 7.29. The number of pyridine rings is 1. The van der Waals surface area contributed by atoms with Crippen molar-refractivity contribution in [3.8, 4) is 11.3 Å². The Hall–Kier alpha value is -1.54. The normalized spacial score (nSPS) is 10.0. The lowest BCUT2D eigenvalue weighted by atomic mass is 10.1. The molecule has 0 radical (unpaired) electrons. The topological polar surface area (TPSA) is 24.9 Å². The molecule has 0 unspecified atom stereocenters. The maximum absolute atomic E-state index is 5.93. The van der Waals surface area contributed by atoms with Crippen molar-refractivity contribution >= 4 is 17.4 Å². The van der Waals surface area contributed by atoms with Crippen molar-refractivity contribution in [3.63, 3.8) is 0 Å². The molecule has 0 spiro atoms. The van der Waals surface area contributed by atoms with E-state index < -0.39 is 0 Å². The molecular formula is C12H11ClN2. The Kier molecular flexibility index (Phi) is 2.88. The van der Waals surface area contributed by atoms with Gasteiger partial charge in [0.25, 0.3) is 0 Å². The van der Waals surface area contributed by atoms with Gasteiger partial charge in [0.1, 0.15) is 5.82 Å². The average Bonchev–Trinajstić information content (AvgIpc) is 2.29. The molecule has 0 aliphatic rings. The van der Waals surface area contributed by atoms with E-state index in [4.69, 9.17) is 11.6 Å². The van der Waals surface area contributed by atoms with Crippen molar-refractivity contribution in [2.24, 2.45) is 0 Å². The third-order valence-electron chi connectivity index (χ3n) is 2.13. The van der Waals surface area contributed by atoms with Crippen LogP contribution in [-0.4, -0.2) is 12.0 Å². The van der Waals surface area contributed by atoms with Gasteiger partial charge in [-0.15, -0.1) is 0 Å². The predicted molar refractivity (Wildman–Crippen MR) is 64.2 cm³/mol. The van der Waals surface area contributed by atoms with E-state index in [1.165, 1.54) is 0 Å². The van der Waals surface area contributed by atoms with Crippen LogP contribution in [0.3, 0.4) is 0 Å². The smallest absolute Gasteiger partial charge is 0.126 e. The van der Waals surface area contributed by atoms with Crippen LogP contribution in [0.2, 0.25) is 5.02 Å². The van der Waals surface area contributed by atoms with Gasteiger partial charge in [-0.1, -0.05) is 29.8 Å². The van der Waals surface area contributed by atoms with Crippen LogP contribution in [0.1, 0.15) is 0 Å². The summed E-state index contributed by atoms with van der Waals surface area (Å²) in [6.45, 7) is 0. The fourth-order valence-corrected chi connectivity index (χ4v) is 1.57. The lowest BCUT2D eigenvalue weighted by Gasteiger charge is -2.04. The summed E-state index contributed by atoms with van der Waals surface area (Å²) in [4.78, 5) is 4.43. The molecule has 1 N–H and O–H groups in total. The van der Waals surface area contributed by atoms with Crippen LogP contribution in [0.5, 0.6) is 0 Å². The zero-order chi connectivity index (χ0) is 10.7. The molecule has 3 heteroatoms. The van der Waals surface area contributed by atoms with Gasteiger partial charge in [-0.3, -0.25) is 0 Å². The van der Waals surface area contributed by atoms with Gasteiger partial charge in [-0.05, 0) is 24.3 Å². The van der Waals surface area contributed by atoms with Crippen molar-refractivity contribution in [3.05, 3.63) is 47.5 Å². The van der Waals surface area contributed by atoms with E-state index in [2.05, 4.69) is 10.3 Å². The molecule has 0 aliphatic heterocycles. The minimum Gasteiger partial charge on any atom is -0.373 e. The summed E-state index contributed by atoms with van der Waals surface area (Å²) in [6.07, 6.45) is 0. The summed E-state index contributed by atoms with van der Waals surface area (Å²) in [6, 6.07) is 13.5. The van der Waals surface area contributed by atoms with Gasteiger partial charge in [-0.25, -0.2) is 4.98 Å². The first kappa shape index (κ1) is 9.99. The first-order valence-corrected chi connectivity index (χ1v) is 5.08. The molecule has 0 saturated carbocycles. The Morgan fingerprint density at radius 1 is 1.13 bits per heavy atom. The van der Waals surface area contributed by atoms with Crippen molar-refractivity contribution in [1.29, 1.82) is 0 Å². The highest BCUT2D eigenvalue weighted by Gasteiger charge is 2.00. The number of halogens is 1. The number of rotatable bonds is 2. The monoisotopic (exact) mass is 218 g/mol. The molecule has 0 saturated heterocycles. The SMILES string of the molecule is CNc1cccc(-c2cccc(Cl)c2)n1. The number of anilines is 1. The molecular weight excluding hydrogens is 208 g/mol. The standard InChI is InChI=1S/C12H11ClN2/c1-14-12-7-3-6-11(15-12)9-4-2-5-10(13)8-9/h2-8H,1H3,(H,14,15). The Balaban J connectivity index is 2.44. The van der Waals surface area contributed by atoms with E-state index in [1.807, 2.05) is 49.5 Å². The summed E-state index contributed by atoms with van der Waals surface area (Å²) in [5, 5.41) is 3.73. The van der Waals surface area contributed by atoms with Crippen LogP contribution in [0.25, 0.3) is 11.3 Å². The van der Waals surface area contributed by atoms with Crippen molar-refractivity contribution < 1.29 is 0 Å². The second-order valence-electron chi connectivity index (χ2n) is 3.17. The minimum atomic E-state index is 0.726. The van der Waals surface area contributed by atoms with Gasteiger partial charge >= 0.3 is 0 Å². The van der Waals surface area contributed by atoms with Gasteiger partial charge < -0.3 is 5.32 Å².